The lowest BCUT2D eigenvalue weighted by Gasteiger charge is -2.39. The van der Waals surface area contributed by atoms with E-state index in [0.717, 1.165) is 0 Å². The third kappa shape index (κ3) is 2.22. The van der Waals surface area contributed by atoms with Crippen molar-refractivity contribution in [2.24, 2.45) is 5.41 Å². The first-order chi connectivity index (χ1) is 5.75. The number of rotatable bonds is 2. The molecule has 0 radical (unpaired) electrons. The van der Waals surface area contributed by atoms with Crippen molar-refractivity contribution in [3.05, 3.63) is 0 Å². The Bertz CT molecular complexity index is 287. The van der Waals surface area contributed by atoms with Crippen LogP contribution in [0.1, 0.15) is 20.8 Å². The number of alkyl halides is 1. The summed E-state index contributed by atoms with van der Waals surface area (Å²) < 4.78 is 19.2. The molecule has 9 heteroatoms. The Hall–Kier alpha value is 0.590. The van der Waals surface area contributed by atoms with Crippen molar-refractivity contribution in [1.82, 2.24) is 0 Å². The van der Waals surface area contributed by atoms with E-state index < -0.39 is 25.0 Å². The summed E-state index contributed by atoms with van der Waals surface area (Å²) in [5.41, 5.74) is -1.44. The standard InChI is InChI=1S/C5H13ClO6P2/c1-4(2,3)5(6,13(7,8)9)14(10,11)12/h1-3H3,(H2,7,8,9)(H2,10,11,12). The van der Waals surface area contributed by atoms with E-state index in [2.05, 4.69) is 0 Å². The molecule has 0 rings (SSSR count). The lowest BCUT2D eigenvalue weighted by molar-refractivity contribution is 0.271. The summed E-state index contributed by atoms with van der Waals surface area (Å²) in [5, 5.41) is 0. The molecule has 0 aliphatic carbocycles. The van der Waals surface area contributed by atoms with E-state index in [1.165, 1.54) is 20.8 Å². The number of halogens is 1. The van der Waals surface area contributed by atoms with Crippen LogP contribution >= 0.6 is 26.8 Å². The molecule has 14 heavy (non-hydrogen) atoms. The van der Waals surface area contributed by atoms with Gasteiger partial charge in [0, 0.05) is 5.41 Å². The minimum absolute atomic E-state index is 1.25. The molecule has 0 atom stereocenters. The second kappa shape index (κ2) is 3.56. The van der Waals surface area contributed by atoms with Crippen molar-refractivity contribution in [2.45, 2.75) is 25.1 Å². The number of hydrogen-bond acceptors (Lipinski definition) is 2. The Morgan fingerprint density at radius 3 is 1.14 bits per heavy atom. The van der Waals surface area contributed by atoms with Gasteiger partial charge in [-0.3, -0.25) is 9.13 Å². The minimum atomic E-state index is -5.13. The Kier molecular flexibility index (Phi) is 3.71. The Balaban J connectivity index is 5.81. The number of hydrogen-bond donors (Lipinski definition) is 4. The fourth-order valence-corrected chi connectivity index (χ4v) is 4.15. The maximum Gasteiger partial charge on any atom is 0.359 e. The minimum Gasteiger partial charge on any atom is -0.323 e. The van der Waals surface area contributed by atoms with E-state index in [-0.39, 0.29) is 0 Å². The van der Waals surface area contributed by atoms with Crippen molar-refractivity contribution in [1.29, 1.82) is 0 Å². The average Bonchev–Trinajstić information content (AvgIpc) is 1.77. The van der Waals surface area contributed by atoms with Gasteiger partial charge in [-0.15, -0.1) is 0 Å². The fourth-order valence-electron chi connectivity index (χ4n) is 1.04. The van der Waals surface area contributed by atoms with Gasteiger partial charge in [0.1, 0.15) is 0 Å². The summed E-state index contributed by atoms with van der Waals surface area (Å²) in [6.07, 6.45) is 0. The van der Waals surface area contributed by atoms with Gasteiger partial charge in [0.05, 0.1) is 0 Å². The van der Waals surface area contributed by atoms with E-state index in [1.807, 2.05) is 0 Å². The Morgan fingerprint density at radius 2 is 1.14 bits per heavy atom. The Labute approximate surface area is 86.6 Å². The molecular formula is C5H13ClO6P2. The van der Waals surface area contributed by atoms with Gasteiger partial charge in [-0.2, -0.15) is 0 Å². The summed E-state index contributed by atoms with van der Waals surface area (Å²) in [6.45, 7) is 3.74. The molecule has 0 fully saturated rings. The molecule has 0 aliphatic rings. The monoisotopic (exact) mass is 266 g/mol. The normalized spacial score (nSPS) is 15.7. The van der Waals surface area contributed by atoms with Gasteiger partial charge in [-0.25, -0.2) is 0 Å². The van der Waals surface area contributed by atoms with Crippen molar-refractivity contribution in [3.8, 4) is 0 Å². The highest BCUT2D eigenvalue weighted by Crippen LogP contribution is 2.77. The lowest BCUT2D eigenvalue weighted by Crippen LogP contribution is -2.36. The van der Waals surface area contributed by atoms with E-state index in [0.29, 0.717) is 0 Å². The van der Waals surface area contributed by atoms with Crippen LogP contribution in [0.25, 0.3) is 0 Å². The molecule has 0 aromatic rings. The van der Waals surface area contributed by atoms with E-state index in [9.17, 15) is 9.13 Å². The molecule has 0 saturated heterocycles. The summed E-state index contributed by atoms with van der Waals surface area (Å²) in [4.78, 5) is 35.6. The summed E-state index contributed by atoms with van der Waals surface area (Å²) in [6, 6.07) is 0. The second-order valence-electron chi connectivity index (χ2n) is 3.93. The zero-order valence-corrected chi connectivity index (χ0v) is 10.4. The van der Waals surface area contributed by atoms with E-state index in [4.69, 9.17) is 31.2 Å². The van der Waals surface area contributed by atoms with Crippen LogP contribution in [-0.2, 0) is 9.13 Å². The summed E-state index contributed by atoms with van der Waals surface area (Å²) in [7, 11) is -10.3. The molecule has 86 valence electrons. The molecule has 0 unspecified atom stereocenters. The molecule has 0 aromatic carbocycles. The first kappa shape index (κ1) is 14.6. The lowest BCUT2D eigenvalue weighted by atomic mass is 9.99. The summed E-state index contributed by atoms with van der Waals surface area (Å²) >= 11 is 5.44. The highest BCUT2D eigenvalue weighted by Gasteiger charge is 2.66. The average molecular weight is 267 g/mol. The Morgan fingerprint density at radius 1 is 0.929 bits per heavy atom. The molecule has 0 aliphatic heterocycles. The topological polar surface area (TPSA) is 115 Å². The van der Waals surface area contributed by atoms with Crippen LogP contribution < -0.4 is 0 Å². The third-order valence-electron chi connectivity index (χ3n) is 1.73. The van der Waals surface area contributed by atoms with Crippen LogP contribution in [-0.4, -0.2) is 23.9 Å². The SMILES string of the molecule is CC(C)(C)C(Cl)(P(=O)(O)O)P(=O)(O)O. The molecular weight excluding hydrogens is 253 g/mol. The molecule has 0 spiro atoms. The highest BCUT2D eigenvalue weighted by atomic mass is 35.5. The molecule has 0 saturated carbocycles. The highest BCUT2D eigenvalue weighted by molar-refractivity contribution is 7.75. The summed E-state index contributed by atoms with van der Waals surface area (Å²) in [5.74, 6) is 0. The van der Waals surface area contributed by atoms with Gasteiger partial charge in [0.25, 0.3) is 0 Å². The third-order valence-corrected chi connectivity index (χ3v) is 8.06. The van der Waals surface area contributed by atoms with Crippen LogP contribution in [0.2, 0.25) is 0 Å². The van der Waals surface area contributed by atoms with Gasteiger partial charge < -0.3 is 19.6 Å². The van der Waals surface area contributed by atoms with Crippen LogP contribution in [0, 0.1) is 5.41 Å². The van der Waals surface area contributed by atoms with Gasteiger partial charge in [-0.1, -0.05) is 32.4 Å². The van der Waals surface area contributed by atoms with Gasteiger partial charge in [-0.05, 0) is 0 Å². The first-order valence-corrected chi connectivity index (χ1v) is 7.15. The zero-order valence-electron chi connectivity index (χ0n) is 7.88. The molecule has 6 nitrogen and oxygen atoms in total. The molecule has 0 aromatic heterocycles. The van der Waals surface area contributed by atoms with Crippen LogP contribution in [0.5, 0.6) is 0 Å². The predicted molar refractivity (Wildman–Crippen MR) is 52.1 cm³/mol. The quantitative estimate of drug-likeness (QED) is 0.442. The zero-order chi connectivity index (χ0) is 12.0. The molecule has 0 bridgehead atoms. The smallest absolute Gasteiger partial charge is 0.323 e. The fraction of sp³-hybridized carbons (Fsp3) is 1.00. The van der Waals surface area contributed by atoms with Crippen molar-refractivity contribution in [2.75, 3.05) is 0 Å². The maximum atomic E-state index is 11.0. The van der Waals surface area contributed by atoms with Crippen LogP contribution in [0.15, 0.2) is 0 Å². The largest absolute Gasteiger partial charge is 0.359 e. The van der Waals surface area contributed by atoms with Gasteiger partial charge in [0.2, 0.25) is 4.36 Å². The van der Waals surface area contributed by atoms with Crippen molar-refractivity contribution in [3.63, 3.8) is 0 Å². The predicted octanol–water partition coefficient (Wildman–Crippen LogP) is 1.28. The molecule has 4 N–H and O–H groups in total. The van der Waals surface area contributed by atoms with Gasteiger partial charge >= 0.3 is 15.2 Å². The molecule has 0 amide bonds. The second-order valence-corrected chi connectivity index (χ2v) is 8.89. The van der Waals surface area contributed by atoms with Crippen molar-refractivity contribution < 1.29 is 28.7 Å². The van der Waals surface area contributed by atoms with Crippen LogP contribution in [0.4, 0.5) is 0 Å². The first-order valence-electron chi connectivity index (χ1n) is 3.55. The van der Waals surface area contributed by atoms with Crippen molar-refractivity contribution >= 4 is 26.8 Å². The molecule has 0 heterocycles. The maximum absolute atomic E-state index is 11.0. The van der Waals surface area contributed by atoms with E-state index >= 15 is 0 Å². The van der Waals surface area contributed by atoms with E-state index in [1.54, 1.807) is 0 Å². The van der Waals surface area contributed by atoms with Crippen LogP contribution in [0.3, 0.4) is 0 Å². The van der Waals surface area contributed by atoms with Gasteiger partial charge in [0.15, 0.2) is 0 Å².